The van der Waals surface area contributed by atoms with Crippen LogP contribution in [0.2, 0.25) is 0 Å². The molecule has 1 aromatic heterocycles. The lowest BCUT2D eigenvalue weighted by atomic mass is 10.1. The normalized spacial score (nSPS) is 14.1. The zero-order chi connectivity index (χ0) is 22.2. The van der Waals surface area contributed by atoms with Gasteiger partial charge in [0.05, 0.1) is 23.3 Å². The molecule has 4 rings (SSSR count). The van der Waals surface area contributed by atoms with E-state index in [1.165, 1.54) is 44.2 Å². The van der Waals surface area contributed by atoms with Crippen LogP contribution in [0, 0.1) is 0 Å². The monoisotopic (exact) mass is 457 g/mol. The number of thioether (sulfide) groups is 1. The lowest BCUT2D eigenvalue weighted by Gasteiger charge is -2.13. The lowest BCUT2D eigenvalue weighted by Crippen LogP contribution is -2.28. The highest BCUT2D eigenvalue weighted by atomic mass is 32.2. The fourth-order valence-corrected chi connectivity index (χ4v) is 4.34. The van der Waals surface area contributed by atoms with Gasteiger partial charge < -0.3 is 5.32 Å². The van der Waals surface area contributed by atoms with E-state index in [2.05, 4.69) is 20.0 Å². The van der Waals surface area contributed by atoms with Crippen molar-refractivity contribution in [2.45, 2.75) is 0 Å². The maximum absolute atomic E-state index is 13.3. The van der Waals surface area contributed by atoms with Gasteiger partial charge in [-0.05, 0) is 29.7 Å². The van der Waals surface area contributed by atoms with Crippen molar-refractivity contribution in [2.75, 3.05) is 31.1 Å². The molecule has 2 N–H and O–H groups in total. The predicted molar refractivity (Wildman–Crippen MR) is 124 cm³/mol. The number of carbonyl (C=O) groups excluding carboxylic acids is 1. The molecule has 1 aliphatic rings. The van der Waals surface area contributed by atoms with Gasteiger partial charge in [0.1, 0.15) is 0 Å². The van der Waals surface area contributed by atoms with Crippen LogP contribution in [0.1, 0.15) is 10.4 Å². The van der Waals surface area contributed by atoms with Gasteiger partial charge in [0, 0.05) is 36.8 Å². The molecule has 0 unspecified atom stereocenters. The summed E-state index contributed by atoms with van der Waals surface area (Å²) in [5.41, 5.74) is 0.579. The van der Waals surface area contributed by atoms with Crippen molar-refractivity contribution in [3.05, 3.63) is 58.4 Å². The fourth-order valence-electron chi connectivity index (χ4n) is 3.01. The Kier molecular flexibility index (Phi) is 5.65. The van der Waals surface area contributed by atoms with Gasteiger partial charge in [-0.25, -0.2) is 0 Å². The van der Waals surface area contributed by atoms with Gasteiger partial charge in [-0.1, -0.05) is 23.9 Å². The molecule has 0 atom stereocenters. The fraction of sp³-hybridized carbons (Fsp3) is 0.200. The number of benzene rings is 1. The Morgan fingerprint density at radius 1 is 1.13 bits per heavy atom. The Hall–Kier alpha value is -3.02. The molecule has 0 radical (unpaired) electrons. The smallest absolute Gasteiger partial charge is 0.301 e. The van der Waals surface area contributed by atoms with Gasteiger partial charge >= 0.3 is 10.2 Å². The summed E-state index contributed by atoms with van der Waals surface area (Å²) >= 11 is 1.46. The van der Waals surface area contributed by atoms with Crippen LogP contribution >= 0.6 is 11.8 Å². The minimum absolute atomic E-state index is 0.239. The molecule has 0 fully saturated rings. The number of pyridine rings is 1. The van der Waals surface area contributed by atoms with Crippen LogP contribution in [-0.4, -0.2) is 55.2 Å². The Morgan fingerprint density at radius 2 is 1.90 bits per heavy atom. The molecule has 31 heavy (non-hydrogen) atoms. The Bertz CT molecular complexity index is 1400. The topological polar surface area (TPSA) is 121 Å². The van der Waals surface area contributed by atoms with Crippen molar-refractivity contribution in [1.29, 1.82) is 0 Å². The third kappa shape index (κ3) is 4.38. The molecule has 0 spiro atoms. The van der Waals surface area contributed by atoms with E-state index in [0.29, 0.717) is 28.0 Å². The highest BCUT2D eigenvalue weighted by molar-refractivity contribution is 8.14. The number of hydrogen-bond donors (Lipinski definition) is 2. The van der Waals surface area contributed by atoms with E-state index < -0.39 is 16.1 Å². The van der Waals surface area contributed by atoms with E-state index in [4.69, 9.17) is 0 Å². The van der Waals surface area contributed by atoms with Gasteiger partial charge in [-0.2, -0.15) is 12.7 Å². The number of hydrogen-bond acceptors (Lipinski definition) is 7. The number of rotatable bonds is 4. The second kappa shape index (κ2) is 8.25. The molecule has 2 heterocycles. The summed E-state index contributed by atoms with van der Waals surface area (Å²) in [4.78, 5) is 34.3. The molecule has 0 saturated carbocycles. The third-order valence-electron chi connectivity index (χ3n) is 4.68. The first-order chi connectivity index (χ1) is 14.7. The third-order valence-corrected chi connectivity index (χ3v) is 7.02. The quantitative estimate of drug-likeness (QED) is 0.616. The molecule has 0 saturated heterocycles. The molecule has 0 aliphatic carbocycles. The van der Waals surface area contributed by atoms with Gasteiger partial charge in [0.2, 0.25) is 0 Å². The highest BCUT2D eigenvalue weighted by Gasteiger charge is 2.16. The Labute approximate surface area is 182 Å². The van der Waals surface area contributed by atoms with E-state index in [-0.39, 0.29) is 22.1 Å². The number of nitrogens with one attached hydrogen (secondary N) is 2. The van der Waals surface area contributed by atoms with Crippen LogP contribution in [0.25, 0.3) is 21.7 Å². The summed E-state index contributed by atoms with van der Waals surface area (Å²) in [6.45, 7) is 0.655. The van der Waals surface area contributed by atoms with Crippen LogP contribution in [0.4, 0.5) is 5.69 Å². The van der Waals surface area contributed by atoms with Crippen LogP contribution in [0.5, 0.6) is 0 Å². The number of amides is 1. The minimum Gasteiger partial charge on any atom is -0.301 e. The van der Waals surface area contributed by atoms with E-state index in [9.17, 15) is 18.0 Å². The largest absolute Gasteiger partial charge is 0.301 e. The van der Waals surface area contributed by atoms with Gasteiger partial charge in [0.25, 0.3) is 5.91 Å². The van der Waals surface area contributed by atoms with E-state index in [0.717, 1.165) is 10.1 Å². The van der Waals surface area contributed by atoms with Crippen molar-refractivity contribution in [3.63, 3.8) is 0 Å². The van der Waals surface area contributed by atoms with Gasteiger partial charge in [0.15, 0.2) is 10.6 Å². The average Bonchev–Trinajstić information content (AvgIpc) is 3.20. The van der Waals surface area contributed by atoms with E-state index in [1.54, 1.807) is 24.3 Å². The van der Waals surface area contributed by atoms with Crippen molar-refractivity contribution in [3.8, 4) is 0 Å². The first kappa shape index (κ1) is 21.2. The van der Waals surface area contributed by atoms with Crippen LogP contribution in [-0.2, 0) is 10.2 Å². The molecule has 0 bridgehead atoms. The maximum Gasteiger partial charge on any atom is 0.301 e. The molecule has 3 aromatic rings. The van der Waals surface area contributed by atoms with Crippen LogP contribution in [0.15, 0.2) is 52.4 Å². The van der Waals surface area contributed by atoms with E-state index in [1.807, 2.05) is 0 Å². The average molecular weight is 458 g/mol. The minimum atomic E-state index is -3.72. The first-order valence-corrected chi connectivity index (χ1v) is 11.7. The summed E-state index contributed by atoms with van der Waals surface area (Å²) in [6, 6.07) is 9.65. The number of aromatic nitrogens is 1. The number of anilines is 1. The van der Waals surface area contributed by atoms with Crippen LogP contribution in [0.3, 0.4) is 0 Å². The lowest BCUT2D eigenvalue weighted by molar-refractivity contribution is 0.0978. The number of amidine groups is 1. The molecule has 1 aliphatic heterocycles. The molecule has 9 nitrogen and oxygen atoms in total. The zero-order valence-corrected chi connectivity index (χ0v) is 18.4. The zero-order valence-electron chi connectivity index (χ0n) is 16.7. The van der Waals surface area contributed by atoms with Crippen LogP contribution < -0.4 is 15.5 Å². The number of nitrogens with zero attached hydrogens (tertiary/aromatic N) is 3. The van der Waals surface area contributed by atoms with Gasteiger partial charge in [-0.3, -0.25) is 24.3 Å². The molecule has 11 heteroatoms. The predicted octanol–water partition coefficient (Wildman–Crippen LogP) is 1.80. The molecule has 160 valence electrons. The summed E-state index contributed by atoms with van der Waals surface area (Å²) in [5.74, 6) is 0.426. The second-order valence-corrected chi connectivity index (χ2v) is 9.97. The number of aliphatic imine (C=N–C) groups is 1. The molecule has 1 amide bonds. The van der Waals surface area contributed by atoms with Crippen molar-refractivity contribution < 1.29 is 13.2 Å². The number of carbonyl (C=O) groups is 1. The van der Waals surface area contributed by atoms with Crippen molar-refractivity contribution >= 4 is 60.4 Å². The highest BCUT2D eigenvalue weighted by Crippen LogP contribution is 2.20. The summed E-state index contributed by atoms with van der Waals surface area (Å²) in [6.07, 6.45) is 1.42. The molecule has 2 aromatic carbocycles. The van der Waals surface area contributed by atoms with Crippen molar-refractivity contribution in [2.24, 2.45) is 4.99 Å². The first-order valence-electron chi connectivity index (χ1n) is 9.30. The van der Waals surface area contributed by atoms with Gasteiger partial charge in [-0.15, -0.1) is 0 Å². The standard InChI is InChI=1S/C20H19N5O4S2/c1-25(2)31(28,29)24-14-5-3-12-4-6-17-16(18(26)15(12)10-14)9-13(11-22-17)19(27)23-20-21-7-8-30-20/h3-6,9-11,24H,7-8H2,1-2H3,(H,21,23,27). The summed E-state index contributed by atoms with van der Waals surface area (Å²) < 4.78 is 27.7. The maximum atomic E-state index is 13.3. The number of fused-ring (bicyclic) bond motifs is 2. The summed E-state index contributed by atoms with van der Waals surface area (Å²) in [7, 11) is -0.906. The van der Waals surface area contributed by atoms with Crippen molar-refractivity contribution in [1.82, 2.24) is 14.6 Å². The SMILES string of the molecule is CN(C)S(=O)(=O)Nc1ccc2ccc3ncc(C(=O)NC4=NCCS4)cc3c(=O)c2c1. The Balaban J connectivity index is 1.80. The van der Waals surface area contributed by atoms with E-state index >= 15 is 0 Å². The summed E-state index contributed by atoms with van der Waals surface area (Å²) in [5, 5.41) is 4.46. The Morgan fingerprint density at radius 3 is 2.61 bits per heavy atom. The molecular formula is C20H19N5O4S2. The molecular weight excluding hydrogens is 438 g/mol. The second-order valence-electron chi connectivity index (χ2n) is 7.00.